The van der Waals surface area contributed by atoms with Gasteiger partial charge in [0.15, 0.2) is 9.09 Å². The number of hydrogen-bond donors (Lipinski definition) is 0. The molecule has 0 aromatic carbocycles. The first-order chi connectivity index (χ1) is 4.20. The van der Waals surface area contributed by atoms with E-state index in [1.807, 2.05) is 19.0 Å². The molecule has 0 fully saturated rings. The van der Waals surface area contributed by atoms with Gasteiger partial charge < -0.3 is 4.90 Å². The van der Waals surface area contributed by atoms with Gasteiger partial charge in [-0.3, -0.25) is 0 Å². The molecule has 0 spiro atoms. The highest BCUT2D eigenvalue weighted by Gasteiger charge is 1.96. The van der Waals surface area contributed by atoms with Crippen LogP contribution in [0.1, 0.15) is 0 Å². The van der Waals surface area contributed by atoms with E-state index < -0.39 is 0 Å². The minimum Gasteiger partial charge on any atom is -0.354 e. The maximum Gasteiger partial charge on any atom is 0.197 e. The topological polar surface area (TPSA) is 16.1 Å². The Hall–Kier alpha value is -0.0000000000000000555. The van der Waals surface area contributed by atoms with Gasteiger partial charge in [0, 0.05) is 14.1 Å². The number of rotatable bonds is 1. The van der Waals surface area contributed by atoms with Crippen molar-refractivity contribution in [2.75, 3.05) is 19.0 Å². The first-order valence-electron chi connectivity index (χ1n) is 2.34. The first kappa shape index (κ1) is 7.11. The Bertz CT molecular complexity index is 236. The van der Waals surface area contributed by atoms with Crippen LogP contribution in [0.2, 0.25) is 0 Å². The quantitative estimate of drug-likeness (QED) is 0.483. The van der Waals surface area contributed by atoms with Gasteiger partial charge in [-0.2, -0.15) is 4.98 Å². The van der Waals surface area contributed by atoms with E-state index in [0.717, 1.165) is 9.09 Å². The monoisotopic (exact) mass is 178 g/mol. The van der Waals surface area contributed by atoms with Gasteiger partial charge in [0.1, 0.15) is 0 Å². The second-order valence-corrected chi connectivity index (χ2v) is 4.45. The zero-order valence-corrected chi connectivity index (χ0v) is 7.57. The summed E-state index contributed by atoms with van der Waals surface area (Å²) < 4.78 is 0.726. The summed E-state index contributed by atoms with van der Waals surface area (Å²) in [6.07, 6.45) is 0. The predicted octanol–water partition coefficient (Wildman–Crippen LogP) is 2.00. The van der Waals surface area contributed by atoms with Crippen LogP contribution in [0.5, 0.6) is 0 Å². The molecule has 0 saturated carbocycles. The molecule has 0 unspecified atom stereocenters. The Balaban J connectivity index is 2.98. The van der Waals surface area contributed by atoms with E-state index in [2.05, 4.69) is 4.98 Å². The number of anilines is 1. The second kappa shape index (κ2) is 2.72. The molecule has 1 rings (SSSR count). The first-order valence-corrected chi connectivity index (χ1v) is 4.90. The van der Waals surface area contributed by atoms with E-state index in [1.54, 1.807) is 10.3 Å². The van der Waals surface area contributed by atoms with Crippen molar-refractivity contribution < 1.29 is 0 Å². The van der Waals surface area contributed by atoms with E-state index in [4.69, 9.17) is 12.2 Å². The van der Waals surface area contributed by atoms with Crippen LogP contribution >= 0.6 is 32.9 Å². The molecular formula is C4H6N2S3. The Labute approximate surface area is 66.2 Å². The zero-order valence-electron chi connectivity index (χ0n) is 5.12. The van der Waals surface area contributed by atoms with Crippen molar-refractivity contribution in [1.29, 1.82) is 0 Å². The van der Waals surface area contributed by atoms with Crippen LogP contribution in [0.25, 0.3) is 0 Å². The molecule has 0 radical (unpaired) electrons. The van der Waals surface area contributed by atoms with Gasteiger partial charge in [-0.05, 0) is 32.9 Å². The van der Waals surface area contributed by atoms with Crippen LogP contribution in [0, 0.1) is 3.95 Å². The molecule has 0 N–H and O–H groups in total. The zero-order chi connectivity index (χ0) is 6.85. The molecule has 2 nitrogen and oxygen atoms in total. The van der Waals surface area contributed by atoms with E-state index in [-0.39, 0.29) is 0 Å². The van der Waals surface area contributed by atoms with Gasteiger partial charge in [-0.25, -0.2) is 0 Å². The van der Waals surface area contributed by atoms with Gasteiger partial charge in [0.05, 0.1) is 0 Å². The van der Waals surface area contributed by atoms with Crippen molar-refractivity contribution >= 4 is 38.0 Å². The van der Waals surface area contributed by atoms with Crippen LogP contribution < -0.4 is 4.90 Å². The molecule has 0 aliphatic carbocycles. The molecule has 1 aromatic rings. The summed E-state index contributed by atoms with van der Waals surface area (Å²) in [5.41, 5.74) is 0. The fourth-order valence-corrected chi connectivity index (χ4v) is 2.53. The van der Waals surface area contributed by atoms with Crippen LogP contribution in [0.15, 0.2) is 0 Å². The van der Waals surface area contributed by atoms with E-state index in [0.29, 0.717) is 0 Å². The van der Waals surface area contributed by atoms with Crippen molar-refractivity contribution in [2.45, 2.75) is 0 Å². The van der Waals surface area contributed by atoms with Crippen molar-refractivity contribution in [2.24, 2.45) is 0 Å². The molecule has 50 valence electrons. The molecule has 0 bridgehead atoms. The molecule has 9 heavy (non-hydrogen) atoms. The Morgan fingerprint density at radius 1 is 1.44 bits per heavy atom. The molecule has 0 saturated heterocycles. The Morgan fingerprint density at radius 3 is 2.33 bits per heavy atom. The normalized spacial score (nSPS) is 9.56. The summed E-state index contributed by atoms with van der Waals surface area (Å²) in [5.74, 6) is 0. The molecule has 0 aliphatic rings. The molecular weight excluding hydrogens is 172 g/mol. The van der Waals surface area contributed by atoms with Gasteiger partial charge in [0.2, 0.25) is 0 Å². The van der Waals surface area contributed by atoms with Crippen LogP contribution in [0.4, 0.5) is 5.13 Å². The van der Waals surface area contributed by atoms with Gasteiger partial charge >= 0.3 is 0 Å². The maximum atomic E-state index is 4.84. The van der Waals surface area contributed by atoms with Gasteiger partial charge in [-0.1, -0.05) is 0 Å². The Morgan fingerprint density at radius 2 is 2.11 bits per heavy atom. The molecule has 5 heteroatoms. The van der Waals surface area contributed by atoms with E-state index in [9.17, 15) is 0 Å². The molecule has 1 aromatic heterocycles. The standard InChI is InChI=1S/C4H6N2S3/c1-6(2)3-5-4(7)9-8-3/h1-2H3. The van der Waals surface area contributed by atoms with Crippen molar-refractivity contribution in [3.05, 3.63) is 3.95 Å². The fourth-order valence-electron chi connectivity index (χ4n) is 0.363. The number of aromatic nitrogens is 1. The fraction of sp³-hybridized carbons (Fsp3) is 0.500. The highest BCUT2D eigenvalue weighted by atomic mass is 32.9. The third-order valence-electron chi connectivity index (χ3n) is 0.757. The van der Waals surface area contributed by atoms with Gasteiger partial charge in [-0.15, -0.1) is 0 Å². The summed E-state index contributed by atoms with van der Waals surface area (Å²) in [7, 11) is 7.06. The summed E-state index contributed by atoms with van der Waals surface area (Å²) in [6, 6.07) is 0. The summed E-state index contributed by atoms with van der Waals surface area (Å²) in [4.78, 5) is 6.04. The lowest BCUT2D eigenvalue weighted by Gasteiger charge is -2.03. The molecule has 0 atom stereocenters. The van der Waals surface area contributed by atoms with Crippen LogP contribution in [0.3, 0.4) is 0 Å². The molecule has 0 amide bonds. The molecule has 1 heterocycles. The highest BCUT2D eigenvalue weighted by molar-refractivity contribution is 7.79. The summed E-state index contributed by atoms with van der Waals surface area (Å²) in [6.45, 7) is 0. The lowest BCUT2D eigenvalue weighted by Crippen LogP contribution is -2.07. The minimum absolute atomic E-state index is 0.726. The average Bonchev–Trinajstić information content (AvgIpc) is 2.14. The minimum atomic E-state index is 0.726. The van der Waals surface area contributed by atoms with Crippen molar-refractivity contribution in [3.8, 4) is 0 Å². The van der Waals surface area contributed by atoms with Crippen LogP contribution in [-0.4, -0.2) is 19.1 Å². The number of nitrogens with zero attached hydrogens (tertiary/aromatic N) is 2. The predicted molar refractivity (Wildman–Crippen MR) is 45.2 cm³/mol. The Kier molecular flexibility index (Phi) is 2.15. The van der Waals surface area contributed by atoms with Crippen LogP contribution in [-0.2, 0) is 0 Å². The van der Waals surface area contributed by atoms with E-state index in [1.165, 1.54) is 10.3 Å². The lowest BCUT2D eigenvalue weighted by molar-refractivity contribution is 1.10. The number of hydrogen-bond acceptors (Lipinski definition) is 5. The van der Waals surface area contributed by atoms with Crippen molar-refractivity contribution in [1.82, 2.24) is 4.98 Å². The SMILES string of the molecule is CN(C)c1nc(=S)ss1. The average molecular weight is 178 g/mol. The summed E-state index contributed by atoms with van der Waals surface area (Å²) >= 11 is 4.84. The lowest BCUT2D eigenvalue weighted by atomic mass is 10.9. The molecule has 0 aliphatic heterocycles. The van der Waals surface area contributed by atoms with Gasteiger partial charge in [0.25, 0.3) is 0 Å². The third kappa shape index (κ3) is 1.70. The smallest absolute Gasteiger partial charge is 0.197 e. The largest absolute Gasteiger partial charge is 0.354 e. The van der Waals surface area contributed by atoms with E-state index >= 15 is 0 Å². The summed E-state index contributed by atoms with van der Waals surface area (Å²) in [5, 5.41) is 0.991. The highest BCUT2D eigenvalue weighted by Crippen LogP contribution is 2.20. The maximum absolute atomic E-state index is 4.84. The third-order valence-corrected chi connectivity index (χ3v) is 3.51. The second-order valence-electron chi connectivity index (χ2n) is 1.72. The van der Waals surface area contributed by atoms with Crippen molar-refractivity contribution in [3.63, 3.8) is 0 Å².